The highest BCUT2D eigenvalue weighted by molar-refractivity contribution is 9.10. The van der Waals surface area contributed by atoms with Crippen LogP contribution in [0.4, 0.5) is 0 Å². The van der Waals surface area contributed by atoms with Crippen molar-refractivity contribution in [2.24, 2.45) is 0 Å². The smallest absolute Gasteiger partial charge is 0.465 e. The van der Waals surface area contributed by atoms with Gasteiger partial charge in [-0.1, -0.05) is 168 Å². The molecular formula is C52H42BBrO6. The van der Waals surface area contributed by atoms with Crippen molar-refractivity contribution in [3.63, 3.8) is 0 Å². The highest BCUT2D eigenvalue weighted by Crippen LogP contribution is 2.26. The zero-order valence-corrected chi connectivity index (χ0v) is 34.7. The molecule has 0 aliphatic carbocycles. The second kappa shape index (κ2) is 21.2. The van der Waals surface area contributed by atoms with Crippen molar-refractivity contribution >= 4 is 86.3 Å². The molecule has 0 bridgehead atoms. The maximum absolute atomic E-state index is 11.5. The summed E-state index contributed by atoms with van der Waals surface area (Å²) in [5, 5.41) is 22.0. The third-order valence-corrected chi connectivity index (χ3v) is 9.99. The number of halogens is 1. The molecule has 0 aliphatic heterocycles. The molecule has 60 heavy (non-hydrogen) atoms. The molecule has 6 nitrogen and oxygen atoms in total. The van der Waals surface area contributed by atoms with E-state index in [1.54, 1.807) is 48.5 Å². The van der Waals surface area contributed by atoms with Crippen LogP contribution in [0.5, 0.6) is 0 Å². The molecule has 0 aliphatic rings. The molecule has 0 spiro atoms. The van der Waals surface area contributed by atoms with Crippen LogP contribution in [0, 0.1) is 0 Å². The van der Waals surface area contributed by atoms with Crippen LogP contribution in [0.3, 0.4) is 0 Å². The van der Waals surface area contributed by atoms with Gasteiger partial charge in [0.05, 0.1) is 25.3 Å². The topological polar surface area (TPSA) is 93.1 Å². The molecule has 8 aromatic carbocycles. The van der Waals surface area contributed by atoms with Gasteiger partial charge >= 0.3 is 19.1 Å². The lowest BCUT2D eigenvalue weighted by molar-refractivity contribution is 0.0592. The lowest BCUT2D eigenvalue weighted by Crippen LogP contribution is -2.29. The van der Waals surface area contributed by atoms with Gasteiger partial charge in [0.1, 0.15) is 0 Å². The zero-order valence-electron chi connectivity index (χ0n) is 33.1. The molecule has 0 fully saturated rings. The van der Waals surface area contributed by atoms with Crippen LogP contribution in [0.1, 0.15) is 43.0 Å². The van der Waals surface area contributed by atoms with E-state index in [-0.39, 0.29) is 11.9 Å². The average molecular weight is 854 g/mol. The van der Waals surface area contributed by atoms with Crippen LogP contribution in [-0.4, -0.2) is 43.3 Å². The summed E-state index contributed by atoms with van der Waals surface area (Å²) < 4.78 is 10.5. The fraction of sp³-hybridized carbons (Fsp3) is 0.0385. The minimum Gasteiger partial charge on any atom is -0.465 e. The van der Waals surface area contributed by atoms with Crippen LogP contribution < -0.4 is 5.46 Å². The van der Waals surface area contributed by atoms with Gasteiger partial charge in [0.2, 0.25) is 0 Å². The molecule has 0 amide bonds. The van der Waals surface area contributed by atoms with Gasteiger partial charge in [-0.2, -0.15) is 0 Å². The summed E-state index contributed by atoms with van der Waals surface area (Å²) in [7, 11) is 1.43. The number of esters is 2. The van der Waals surface area contributed by atoms with Gasteiger partial charge < -0.3 is 19.5 Å². The highest BCUT2D eigenvalue weighted by Gasteiger charge is 2.08. The van der Waals surface area contributed by atoms with E-state index < -0.39 is 7.12 Å². The van der Waals surface area contributed by atoms with Crippen molar-refractivity contribution in [2.45, 2.75) is 0 Å². The Morgan fingerprint density at radius 1 is 0.450 bits per heavy atom. The summed E-state index contributed by atoms with van der Waals surface area (Å²) in [5.74, 6) is -0.638. The number of fused-ring (bicyclic) bond motifs is 2. The highest BCUT2D eigenvalue weighted by atomic mass is 79.9. The molecule has 0 heterocycles. The number of rotatable bonds is 8. The van der Waals surface area contributed by atoms with E-state index in [2.05, 4.69) is 119 Å². The van der Waals surface area contributed by atoms with Gasteiger partial charge in [-0.3, -0.25) is 0 Å². The van der Waals surface area contributed by atoms with Crippen LogP contribution in [0.2, 0.25) is 0 Å². The number of hydrogen-bond donors (Lipinski definition) is 2. The molecule has 0 saturated heterocycles. The van der Waals surface area contributed by atoms with Crippen molar-refractivity contribution < 1.29 is 29.1 Å². The predicted molar refractivity (Wildman–Crippen MR) is 251 cm³/mol. The Bertz CT molecular complexity index is 2730. The van der Waals surface area contributed by atoms with Gasteiger partial charge in [0, 0.05) is 4.47 Å². The molecule has 0 radical (unpaired) electrons. The summed E-state index contributed by atoms with van der Waals surface area (Å²) in [6, 6.07) is 59.4. The third-order valence-electron chi connectivity index (χ3n) is 9.50. The summed E-state index contributed by atoms with van der Waals surface area (Å²) in [6.45, 7) is 0. The van der Waals surface area contributed by atoms with Gasteiger partial charge in [-0.25, -0.2) is 9.59 Å². The summed E-state index contributed by atoms with van der Waals surface area (Å²) in [4.78, 5) is 22.9. The molecule has 2 N–H and O–H groups in total. The van der Waals surface area contributed by atoms with E-state index in [1.165, 1.54) is 46.9 Å². The van der Waals surface area contributed by atoms with Crippen LogP contribution in [-0.2, 0) is 9.47 Å². The maximum Gasteiger partial charge on any atom is 0.488 e. The predicted octanol–water partition coefficient (Wildman–Crippen LogP) is 11.4. The van der Waals surface area contributed by atoms with Crippen molar-refractivity contribution in [3.05, 3.63) is 220 Å². The van der Waals surface area contributed by atoms with Crippen molar-refractivity contribution in [2.75, 3.05) is 14.2 Å². The molecule has 0 saturated carbocycles. The molecule has 8 heteroatoms. The minimum atomic E-state index is -1.34. The third kappa shape index (κ3) is 12.1. The monoisotopic (exact) mass is 852 g/mol. The Balaban J connectivity index is 0.000000169. The van der Waals surface area contributed by atoms with E-state index in [4.69, 9.17) is 19.5 Å². The Kier molecular flexibility index (Phi) is 15.1. The quantitative estimate of drug-likeness (QED) is 0.0898. The van der Waals surface area contributed by atoms with Crippen LogP contribution in [0.15, 0.2) is 186 Å². The normalized spacial score (nSPS) is 10.8. The van der Waals surface area contributed by atoms with Gasteiger partial charge in [-0.15, -0.1) is 0 Å². The van der Waals surface area contributed by atoms with E-state index in [9.17, 15) is 9.59 Å². The number of carbonyl (C=O) groups excluding carboxylic acids is 2. The van der Waals surface area contributed by atoms with E-state index >= 15 is 0 Å². The van der Waals surface area contributed by atoms with Gasteiger partial charge in [0.15, 0.2) is 0 Å². The fourth-order valence-corrected chi connectivity index (χ4v) is 6.60. The second-order valence-electron chi connectivity index (χ2n) is 13.6. The Hall–Kier alpha value is -6.84. The first kappa shape index (κ1) is 42.8. The fourth-order valence-electron chi connectivity index (χ4n) is 6.22. The number of ether oxygens (including phenoxy) is 2. The summed E-state index contributed by atoms with van der Waals surface area (Å²) in [5.41, 5.74) is 8.43. The summed E-state index contributed by atoms with van der Waals surface area (Å²) >= 11 is 3.49. The van der Waals surface area contributed by atoms with E-state index in [0.29, 0.717) is 16.6 Å². The van der Waals surface area contributed by atoms with Crippen molar-refractivity contribution in [1.29, 1.82) is 0 Å². The second-order valence-corrected chi connectivity index (χ2v) is 14.5. The standard InChI is InChI=1S/C26H20O2.C20H15BrO2.C6H7BO2/c1-28-26(27)22-12-9-19(10-13-22)7-8-20-11-14-25-18-24(16-15-23(25)17-20)21-5-3-2-4-6-21;1-23-20(22)16-7-4-14(5-8-16)2-3-15-6-9-18-13-19(21)11-10-17(18)12-15;8-7(9)6-4-2-1-3-5-6/h2-18H,1H3;2-13H,1H3;1-5,8-9H. The van der Waals surface area contributed by atoms with E-state index in [1.807, 2.05) is 54.6 Å². The number of hydrogen-bond acceptors (Lipinski definition) is 6. The maximum atomic E-state index is 11.5. The van der Waals surface area contributed by atoms with Crippen molar-refractivity contribution in [3.8, 4) is 11.1 Å². The Morgan fingerprint density at radius 2 is 0.850 bits per heavy atom. The van der Waals surface area contributed by atoms with Crippen LogP contribution in [0.25, 0.3) is 57.0 Å². The Morgan fingerprint density at radius 3 is 1.32 bits per heavy atom. The Labute approximate surface area is 359 Å². The first-order chi connectivity index (χ1) is 29.2. The molecule has 0 atom stereocenters. The molecule has 8 aromatic rings. The lowest BCUT2D eigenvalue weighted by atomic mass is 9.81. The first-order valence-corrected chi connectivity index (χ1v) is 19.9. The van der Waals surface area contributed by atoms with Crippen LogP contribution >= 0.6 is 15.9 Å². The molecule has 8 rings (SSSR count). The molecule has 0 unspecified atom stereocenters. The molecule has 0 aromatic heterocycles. The lowest BCUT2D eigenvalue weighted by Gasteiger charge is -2.05. The first-order valence-electron chi connectivity index (χ1n) is 19.1. The molecular weight excluding hydrogens is 811 g/mol. The number of benzene rings is 8. The van der Waals surface area contributed by atoms with E-state index in [0.717, 1.165) is 26.7 Å². The SMILES string of the molecule is COC(=O)c1ccc(C=Cc2ccc3cc(-c4ccccc4)ccc3c2)cc1.COC(=O)c1ccc(C=Cc2ccc3cc(Br)ccc3c2)cc1.OB(O)c1ccccc1. The van der Waals surface area contributed by atoms with Crippen molar-refractivity contribution in [1.82, 2.24) is 0 Å². The number of methoxy groups -OCH3 is 2. The average Bonchev–Trinajstić information content (AvgIpc) is 3.30. The zero-order chi connectivity index (χ0) is 42.3. The minimum absolute atomic E-state index is 0.318. The number of carbonyl (C=O) groups is 2. The van der Waals surface area contributed by atoms with Gasteiger partial charge in [-0.05, 0) is 115 Å². The largest absolute Gasteiger partial charge is 0.488 e. The summed E-state index contributed by atoms with van der Waals surface area (Å²) in [6.07, 6.45) is 8.22. The molecule has 296 valence electrons. The van der Waals surface area contributed by atoms with Gasteiger partial charge in [0.25, 0.3) is 0 Å².